The molecule has 0 aliphatic heterocycles. The third-order valence-corrected chi connectivity index (χ3v) is 5.55. The van der Waals surface area contributed by atoms with Crippen molar-refractivity contribution in [3.8, 4) is 22.6 Å². The second kappa shape index (κ2) is 9.38. The first-order valence-electron chi connectivity index (χ1n) is 10.9. The molecule has 0 amide bonds. The summed E-state index contributed by atoms with van der Waals surface area (Å²) in [6.45, 7) is 13.9. The van der Waals surface area contributed by atoms with E-state index in [2.05, 4.69) is 100.0 Å². The van der Waals surface area contributed by atoms with Crippen molar-refractivity contribution in [1.82, 2.24) is 4.90 Å². The molecule has 0 saturated carbocycles. The molecule has 0 fully saturated rings. The van der Waals surface area contributed by atoms with Crippen molar-refractivity contribution in [2.24, 2.45) is 4.99 Å². The Morgan fingerprint density at radius 1 is 0.871 bits per heavy atom. The normalized spacial score (nSPS) is 11.7. The Morgan fingerprint density at radius 3 is 2.00 bits per heavy atom. The lowest BCUT2D eigenvalue weighted by atomic mass is 9.86. The van der Waals surface area contributed by atoms with Gasteiger partial charge in [-0.15, -0.1) is 0 Å². The highest BCUT2D eigenvalue weighted by Gasteiger charge is 2.13. The van der Waals surface area contributed by atoms with Gasteiger partial charge in [-0.05, 0) is 78.3 Å². The standard InChI is InChI=1S/C28H34N2O/c1-8-30(7)19-29-26-17-21(3)27(18-20(26)2)31-25-15-11-23(12-16-25)22-9-13-24(14-10-22)28(4,5)6/h9-19H,8H2,1-7H3/b29-19-. The maximum absolute atomic E-state index is 6.18. The van der Waals surface area contributed by atoms with E-state index >= 15 is 0 Å². The molecule has 0 unspecified atom stereocenters. The van der Waals surface area contributed by atoms with E-state index in [9.17, 15) is 0 Å². The summed E-state index contributed by atoms with van der Waals surface area (Å²) in [6.07, 6.45) is 1.87. The molecule has 3 heteroatoms. The van der Waals surface area contributed by atoms with Gasteiger partial charge >= 0.3 is 0 Å². The molecule has 3 rings (SSSR count). The molecule has 31 heavy (non-hydrogen) atoms. The summed E-state index contributed by atoms with van der Waals surface area (Å²) in [6, 6.07) is 21.3. The average Bonchev–Trinajstić information content (AvgIpc) is 2.75. The van der Waals surface area contributed by atoms with Gasteiger partial charge in [-0.2, -0.15) is 0 Å². The number of aryl methyl sites for hydroxylation is 2. The van der Waals surface area contributed by atoms with Gasteiger partial charge in [0.25, 0.3) is 0 Å². The summed E-state index contributed by atoms with van der Waals surface area (Å²) in [5, 5.41) is 0. The van der Waals surface area contributed by atoms with Gasteiger partial charge in [0.2, 0.25) is 0 Å². The second-order valence-corrected chi connectivity index (χ2v) is 9.18. The monoisotopic (exact) mass is 414 g/mol. The predicted molar refractivity (Wildman–Crippen MR) is 133 cm³/mol. The maximum atomic E-state index is 6.18. The quantitative estimate of drug-likeness (QED) is 0.305. The fourth-order valence-corrected chi connectivity index (χ4v) is 3.27. The molecule has 3 nitrogen and oxygen atoms in total. The summed E-state index contributed by atoms with van der Waals surface area (Å²) >= 11 is 0. The Bertz CT molecular complexity index is 1040. The second-order valence-electron chi connectivity index (χ2n) is 9.18. The predicted octanol–water partition coefficient (Wildman–Crippen LogP) is 7.67. The Balaban J connectivity index is 1.75. The van der Waals surface area contributed by atoms with Gasteiger partial charge in [-0.3, -0.25) is 0 Å². The number of rotatable bonds is 6. The highest BCUT2D eigenvalue weighted by Crippen LogP contribution is 2.33. The lowest BCUT2D eigenvalue weighted by molar-refractivity contribution is 0.478. The Hall–Kier alpha value is -3.07. The largest absolute Gasteiger partial charge is 0.457 e. The molecule has 0 aliphatic carbocycles. The molecule has 0 saturated heterocycles. The minimum Gasteiger partial charge on any atom is -0.457 e. The van der Waals surface area contributed by atoms with E-state index in [1.807, 2.05) is 25.5 Å². The Labute approximate surface area is 187 Å². The average molecular weight is 415 g/mol. The maximum Gasteiger partial charge on any atom is 0.130 e. The van der Waals surface area contributed by atoms with Crippen molar-refractivity contribution in [2.75, 3.05) is 13.6 Å². The molecule has 162 valence electrons. The number of benzene rings is 3. The highest BCUT2D eigenvalue weighted by atomic mass is 16.5. The van der Waals surface area contributed by atoms with Crippen molar-refractivity contribution in [1.29, 1.82) is 0 Å². The van der Waals surface area contributed by atoms with Crippen molar-refractivity contribution < 1.29 is 4.74 Å². The smallest absolute Gasteiger partial charge is 0.130 e. The summed E-state index contributed by atoms with van der Waals surface area (Å²) in [5.41, 5.74) is 7.04. The van der Waals surface area contributed by atoms with E-state index in [0.717, 1.165) is 34.9 Å². The van der Waals surface area contributed by atoms with E-state index in [0.29, 0.717) is 0 Å². The van der Waals surface area contributed by atoms with E-state index in [1.54, 1.807) is 0 Å². The highest BCUT2D eigenvalue weighted by molar-refractivity contribution is 5.66. The van der Waals surface area contributed by atoms with Crippen LogP contribution >= 0.6 is 0 Å². The van der Waals surface area contributed by atoms with E-state index in [4.69, 9.17) is 4.74 Å². The Morgan fingerprint density at radius 2 is 1.45 bits per heavy atom. The number of hydrogen-bond acceptors (Lipinski definition) is 2. The lowest BCUT2D eigenvalue weighted by Gasteiger charge is -2.19. The fraction of sp³-hybridized carbons (Fsp3) is 0.321. The molecular weight excluding hydrogens is 380 g/mol. The molecule has 0 N–H and O–H groups in total. The molecule has 0 radical (unpaired) electrons. The van der Waals surface area contributed by atoms with Crippen LogP contribution in [0.1, 0.15) is 44.4 Å². The molecule has 3 aromatic rings. The van der Waals surface area contributed by atoms with Crippen LogP contribution < -0.4 is 4.74 Å². The van der Waals surface area contributed by atoms with Gasteiger partial charge in [0.1, 0.15) is 11.5 Å². The molecule has 3 aromatic carbocycles. The first kappa shape index (κ1) is 22.6. The van der Waals surface area contributed by atoms with Crippen LogP contribution in [-0.2, 0) is 5.41 Å². The van der Waals surface area contributed by atoms with Crippen LogP contribution in [0.4, 0.5) is 5.69 Å². The first-order chi connectivity index (χ1) is 14.7. The van der Waals surface area contributed by atoms with Gasteiger partial charge in [0.15, 0.2) is 0 Å². The van der Waals surface area contributed by atoms with Crippen molar-refractivity contribution in [3.05, 3.63) is 77.4 Å². The number of hydrogen-bond donors (Lipinski definition) is 0. The minimum absolute atomic E-state index is 0.166. The van der Waals surface area contributed by atoms with Crippen molar-refractivity contribution in [3.63, 3.8) is 0 Å². The van der Waals surface area contributed by atoms with Crippen molar-refractivity contribution in [2.45, 2.75) is 47.0 Å². The van der Waals surface area contributed by atoms with Crippen LogP contribution in [0.25, 0.3) is 11.1 Å². The van der Waals surface area contributed by atoms with Gasteiger partial charge in [0.05, 0.1) is 12.0 Å². The fourth-order valence-electron chi connectivity index (χ4n) is 3.27. The number of aliphatic imine (C=N–C) groups is 1. The zero-order valence-electron chi connectivity index (χ0n) is 19.9. The minimum atomic E-state index is 0.166. The zero-order chi connectivity index (χ0) is 22.6. The molecule has 0 aromatic heterocycles. The molecule has 0 spiro atoms. The van der Waals surface area contributed by atoms with Gasteiger partial charge in [-0.1, -0.05) is 57.2 Å². The van der Waals surface area contributed by atoms with Crippen LogP contribution in [0.2, 0.25) is 0 Å². The van der Waals surface area contributed by atoms with Crippen LogP contribution in [0.15, 0.2) is 65.7 Å². The van der Waals surface area contributed by atoms with Crippen LogP contribution in [-0.4, -0.2) is 24.8 Å². The van der Waals surface area contributed by atoms with Gasteiger partial charge in [0, 0.05) is 13.6 Å². The molecule has 0 aliphatic rings. The van der Waals surface area contributed by atoms with Crippen LogP contribution in [0.5, 0.6) is 11.5 Å². The summed E-state index contributed by atoms with van der Waals surface area (Å²) in [4.78, 5) is 6.65. The third kappa shape index (κ3) is 5.75. The first-order valence-corrected chi connectivity index (χ1v) is 10.9. The summed E-state index contributed by atoms with van der Waals surface area (Å²) < 4.78 is 6.18. The van der Waals surface area contributed by atoms with Crippen molar-refractivity contribution >= 4 is 12.0 Å². The summed E-state index contributed by atoms with van der Waals surface area (Å²) in [5.74, 6) is 1.70. The lowest BCUT2D eigenvalue weighted by Crippen LogP contribution is -2.14. The topological polar surface area (TPSA) is 24.8 Å². The number of ether oxygens (including phenoxy) is 1. The zero-order valence-corrected chi connectivity index (χ0v) is 19.9. The van der Waals surface area contributed by atoms with Crippen LogP contribution in [0.3, 0.4) is 0 Å². The SMILES string of the molecule is CCN(C)/C=N\c1cc(C)c(Oc2ccc(-c3ccc(C(C)(C)C)cc3)cc2)cc1C. The summed E-state index contributed by atoms with van der Waals surface area (Å²) in [7, 11) is 2.02. The van der Waals surface area contributed by atoms with E-state index in [1.165, 1.54) is 16.7 Å². The molecule has 0 bridgehead atoms. The van der Waals surface area contributed by atoms with E-state index < -0.39 is 0 Å². The van der Waals surface area contributed by atoms with E-state index in [-0.39, 0.29) is 5.41 Å². The van der Waals surface area contributed by atoms with Gasteiger partial charge in [-0.25, -0.2) is 4.99 Å². The van der Waals surface area contributed by atoms with Gasteiger partial charge < -0.3 is 9.64 Å². The molecule has 0 heterocycles. The molecule has 0 atom stereocenters. The Kier molecular flexibility index (Phi) is 6.84. The third-order valence-electron chi connectivity index (χ3n) is 5.55. The number of nitrogens with zero attached hydrogens (tertiary/aromatic N) is 2. The molecular formula is C28H34N2O. The van der Waals surface area contributed by atoms with Crippen LogP contribution in [0, 0.1) is 13.8 Å².